The predicted octanol–water partition coefficient (Wildman–Crippen LogP) is 3.98. The van der Waals surface area contributed by atoms with Crippen LogP contribution in [0.3, 0.4) is 0 Å². The molecular weight excluding hydrogens is 274 g/mol. The normalized spacial score (nSPS) is 10.3. The van der Waals surface area contributed by atoms with Crippen LogP contribution in [-0.2, 0) is 0 Å². The molecule has 0 aliphatic carbocycles. The summed E-state index contributed by atoms with van der Waals surface area (Å²) in [5.74, 6) is 1.11. The van der Waals surface area contributed by atoms with E-state index in [1.807, 2.05) is 56.3 Å². The molecule has 2 aromatic carbocycles. The van der Waals surface area contributed by atoms with Crippen LogP contribution < -0.4 is 10.6 Å². The Bertz CT molecular complexity index is 723. The van der Waals surface area contributed by atoms with E-state index in [0.29, 0.717) is 11.8 Å². The second-order valence-electron chi connectivity index (χ2n) is 5.15. The van der Waals surface area contributed by atoms with Crippen molar-refractivity contribution < 1.29 is 0 Å². The zero-order chi connectivity index (χ0) is 15.4. The second kappa shape index (κ2) is 6.22. The highest BCUT2D eigenvalue weighted by atomic mass is 15.3. The molecule has 5 nitrogen and oxygen atoms in total. The highest BCUT2D eigenvalue weighted by molar-refractivity contribution is 5.59. The van der Waals surface area contributed by atoms with Gasteiger partial charge >= 0.3 is 0 Å². The summed E-state index contributed by atoms with van der Waals surface area (Å²) in [6, 6.07) is 16.1. The average molecular weight is 291 g/mol. The Hall–Kier alpha value is -2.95. The van der Waals surface area contributed by atoms with Crippen LogP contribution in [0, 0.1) is 13.8 Å². The molecule has 0 aliphatic rings. The van der Waals surface area contributed by atoms with Crippen LogP contribution in [0.2, 0.25) is 0 Å². The van der Waals surface area contributed by atoms with Crippen molar-refractivity contribution in [1.82, 2.24) is 15.2 Å². The first-order valence-electron chi connectivity index (χ1n) is 7.06. The van der Waals surface area contributed by atoms with E-state index in [1.165, 1.54) is 11.1 Å². The maximum absolute atomic E-state index is 4.43. The smallest absolute Gasteiger partial charge is 0.249 e. The Morgan fingerprint density at radius 1 is 0.818 bits per heavy atom. The van der Waals surface area contributed by atoms with Crippen LogP contribution in [0.15, 0.2) is 54.7 Å². The first-order chi connectivity index (χ1) is 10.7. The van der Waals surface area contributed by atoms with Crippen molar-refractivity contribution in [2.24, 2.45) is 0 Å². The van der Waals surface area contributed by atoms with E-state index in [2.05, 4.69) is 31.9 Å². The molecular formula is C17H17N5. The predicted molar refractivity (Wildman–Crippen MR) is 88.8 cm³/mol. The molecule has 0 aliphatic heterocycles. The summed E-state index contributed by atoms with van der Waals surface area (Å²) < 4.78 is 0. The fourth-order valence-corrected chi connectivity index (χ4v) is 2.14. The third kappa shape index (κ3) is 3.58. The fourth-order valence-electron chi connectivity index (χ4n) is 2.14. The number of nitrogens with one attached hydrogen (secondary N) is 2. The van der Waals surface area contributed by atoms with Gasteiger partial charge in [0.2, 0.25) is 5.95 Å². The molecule has 0 bridgehead atoms. The van der Waals surface area contributed by atoms with E-state index in [9.17, 15) is 0 Å². The van der Waals surface area contributed by atoms with Gasteiger partial charge in [-0.25, -0.2) is 0 Å². The highest BCUT2D eigenvalue weighted by Crippen LogP contribution is 2.18. The molecule has 2 N–H and O–H groups in total. The molecule has 0 fully saturated rings. The van der Waals surface area contributed by atoms with Gasteiger partial charge in [-0.05, 0) is 49.2 Å². The van der Waals surface area contributed by atoms with Crippen molar-refractivity contribution in [2.45, 2.75) is 13.8 Å². The molecule has 3 rings (SSSR count). The number of hydrogen-bond acceptors (Lipinski definition) is 5. The van der Waals surface area contributed by atoms with Crippen LogP contribution in [0.25, 0.3) is 0 Å². The second-order valence-corrected chi connectivity index (χ2v) is 5.15. The van der Waals surface area contributed by atoms with E-state index < -0.39 is 0 Å². The molecule has 1 heterocycles. The van der Waals surface area contributed by atoms with Gasteiger partial charge in [-0.2, -0.15) is 10.1 Å². The molecule has 0 radical (unpaired) electrons. The number of hydrogen-bond donors (Lipinski definition) is 2. The Balaban J connectivity index is 1.78. The molecule has 0 unspecified atom stereocenters. The fraction of sp³-hybridized carbons (Fsp3) is 0.118. The lowest BCUT2D eigenvalue weighted by molar-refractivity contribution is 0.982. The summed E-state index contributed by atoms with van der Waals surface area (Å²) in [5, 5.41) is 14.4. The van der Waals surface area contributed by atoms with Gasteiger partial charge in [0.15, 0.2) is 5.82 Å². The zero-order valence-corrected chi connectivity index (χ0v) is 12.5. The van der Waals surface area contributed by atoms with E-state index >= 15 is 0 Å². The van der Waals surface area contributed by atoms with Crippen LogP contribution in [0.4, 0.5) is 23.1 Å². The molecule has 0 amide bonds. The number of nitrogens with zero attached hydrogens (tertiary/aromatic N) is 3. The molecule has 0 saturated heterocycles. The molecule has 22 heavy (non-hydrogen) atoms. The number of benzene rings is 2. The van der Waals surface area contributed by atoms with Gasteiger partial charge in [0.1, 0.15) is 0 Å². The monoisotopic (exact) mass is 291 g/mol. The summed E-state index contributed by atoms with van der Waals surface area (Å²) in [4.78, 5) is 4.43. The van der Waals surface area contributed by atoms with Gasteiger partial charge in [0.25, 0.3) is 0 Å². The van der Waals surface area contributed by atoms with Crippen molar-refractivity contribution in [3.05, 3.63) is 65.9 Å². The van der Waals surface area contributed by atoms with E-state index in [4.69, 9.17) is 0 Å². The van der Waals surface area contributed by atoms with Crippen LogP contribution in [0.5, 0.6) is 0 Å². The van der Waals surface area contributed by atoms with Gasteiger partial charge in [0.05, 0.1) is 6.20 Å². The third-order valence-electron chi connectivity index (χ3n) is 3.12. The molecule has 0 atom stereocenters. The van der Waals surface area contributed by atoms with E-state index in [-0.39, 0.29) is 0 Å². The topological polar surface area (TPSA) is 62.7 Å². The average Bonchev–Trinajstić information content (AvgIpc) is 2.47. The minimum Gasteiger partial charge on any atom is -0.339 e. The maximum atomic E-state index is 4.43. The maximum Gasteiger partial charge on any atom is 0.249 e. The van der Waals surface area contributed by atoms with Crippen LogP contribution in [-0.4, -0.2) is 15.2 Å². The third-order valence-corrected chi connectivity index (χ3v) is 3.12. The number of rotatable bonds is 4. The minimum atomic E-state index is 0.461. The summed E-state index contributed by atoms with van der Waals surface area (Å²) in [7, 11) is 0. The Labute approximate surface area is 129 Å². The van der Waals surface area contributed by atoms with Crippen molar-refractivity contribution in [3.63, 3.8) is 0 Å². The minimum absolute atomic E-state index is 0.461. The van der Waals surface area contributed by atoms with Crippen LogP contribution >= 0.6 is 0 Å². The first-order valence-corrected chi connectivity index (χ1v) is 7.06. The Kier molecular flexibility index (Phi) is 3.96. The Morgan fingerprint density at radius 3 is 2.09 bits per heavy atom. The summed E-state index contributed by atoms with van der Waals surface area (Å²) in [6.45, 7) is 4.09. The molecule has 5 heteroatoms. The van der Waals surface area contributed by atoms with Gasteiger partial charge in [-0.1, -0.05) is 24.3 Å². The highest BCUT2D eigenvalue weighted by Gasteiger charge is 2.02. The SMILES string of the molecule is Cc1cccc(Nc2cnnc(Nc3cccc(C)c3)n2)c1. The summed E-state index contributed by atoms with van der Waals surface area (Å²) in [5.41, 5.74) is 4.27. The lowest BCUT2D eigenvalue weighted by atomic mass is 10.2. The van der Waals surface area contributed by atoms with E-state index in [1.54, 1.807) is 6.20 Å². The molecule has 1 aromatic heterocycles. The van der Waals surface area contributed by atoms with Gasteiger partial charge in [0, 0.05) is 11.4 Å². The molecule has 3 aromatic rings. The van der Waals surface area contributed by atoms with Gasteiger partial charge in [-0.15, -0.1) is 5.10 Å². The van der Waals surface area contributed by atoms with Crippen molar-refractivity contribution >= 4 is 23.1 Å². The quantitative estimate of drug-likeness (QED) is 0.761. The lowest BCUT2D eigenvalue weighted by Gasteiger charge is -2.08. The van der Waals surface area contributed by atoms with Crippen molar-refractivity contribution in [2.75, 3.05) is 10.6 Å². The van der Waals surface area contributed by atoms with Gasteiger partial charge < -0.3 is 10.6 Å². The van der Waals surface area contributed by atoms with Crippen molar-refractivity contribution in [1.29, 1.82) is 0 Å². The number of aromatic nitrogens is 3. The largest absolute Gasteiger partial charge is 0.339 e. The zero-order valence-electron chi connectivity index (χ0n) is 12.5. The number of anilines is 4. The lowest BCUT2D eigenvalue weighted by Crippen LogP contribution is -2.02. The molecule has 0 saturated carbocycles. The number of aryl methyl sites for hydroxylation is 2. The van der Waals surface area contributed by atoms with Crippen molar-refractivity contribution in [3.8, 4) is 0 Å². The van der Waals surface area contributed by atoms with Gasteiger partial charge in [-0.3, -0.25) is 0 Å². The summed E-state index contributed by atoms with van der Waals surface area (Å²) in [6.07, 6.45) is 1.60. The van der Waals surface area contributed by atoms with E-state index in [0.717, 1.165) is 11.4 Å². The first kappa shape index (κ1) is 14.0. The standard InChI is InChI=1S/C17H17N5/c1-12-5-3-7-14(9-12)19-16-11-18-22-17(21-16)20-15-8-4-6-13(2)10-15/h3-11H,1-2H3,(H2,19,20,21,22). The summed E-state index contributed by atoms with van der Waals surface area (Å²) >= 11 is 0. The Morgan fingerprint density at radius 2 is 1.45 bits per heavy atom. The molecule has 110 valence electrons. The molecule has 0 spiro atoms. The van der Waals surface area contributed by atoms with Crippen LogP contribution in [0.1, 0.15) is 11.1 Å².